The van der Waals surface area contributed by atoms with E-state index in [1.54, 1.807) is 36.1 Å². The van der Waals surface area contributed by atoms with Crippen LogP contribution in [0.4, 0.5) is 5.82 Å². The molecule has 0 aliphatic heterocycles. The van der Waals surface area contributed by atoms with E-state index in [0.29, 0.717) is 22.2 Å². The number of nitrogens with zero attached hydrogens (tertiary/aromatic N) is 2. The second-order valence-electron chi connectivity index (χ2n) is 5.05. The van der Waals surface area contributed by atoms with Gasteiger partial charge in [-0.25, -0.2) is 0 Å². The average molecular weight is 376 g/mol. The lowest BCUT2D eigenvalue weighted by molar-refractivity contribution is 0.102. The molecule has 1 aromatic carbocycles. The smallest absolute Gasteiger partial charge is 0.273 e. The molecule has 3 rings (SSSR count). The van der Waals surface area contributed by atoms with Gasteiger partial charge in [-0.3, -0.25) is 14.3 Å². The van der Waals surface area contributed by atoms with E-state index < -0.39 is 5.91 Å². The van der Waals surface area contributed by atoms with Crippen molar-refractivity contribution in [1.82, 2.24) is 14.8 Å². The van der Waals surface area contributed by atoms with E-state index in [1.807, 2.05) is 6.07 Å². The second kappa shape index (κ2) is 5.98. The summed E-state index contributed by atoms with van der Waals surface area (Å²) in [6, 6.07) is 6.91. The van der Waals surface area contributed by atoms with Crippen LogP contribution in [0.3, 0.4) is 0 Å². The third kappa shape index (κ3) is 2.90. The van der Waals surface area contributed by atoms with Gasteiger partial charge in [0.15, 0.2) is 5.82 Å². The first kappa shape index (κ1) is 15.4. The molecule has 0 atom stereocenters. The third-order valence-corrected chi connectivity index (χ3v) is 4.13. The SMILES string of the molecule is Cn1cc(CN)c(NC(=O)c2cc3c(Br)cccc3c(=O)[nH]2)n1. The zero-order valence-corrected chi connectivity index (χ0v) is 13.8. The molecule has 4 N–H and O–H groups in total. The van der Waals surface area contributed by atoms with Crippen molar-refractivity contribution in [3.8, 4) is 0 Å². The van der Waals surface area contributed by atoms with Crippen LogP contribution in [0.2, 0.25) is 0 Å². The number of aromatic nitrogens is 3. The minimum atomic E-state index is -0.451. The van der Waals surface area contributed by atoms with Gasteiger partial charge in [0.05, 0.1) is 0 Å². The molecular weight excluding hydrogens is 362 g/mol. The largest absolute Gasteiger partial charge is 0.326 e. The first-order chi connectivity index (χ1) is 11.0. The lowest BCUT2D eigenvalue weighted by Crippen LogP contribution is -2.20. The van der Waals surface area contributed by atoms with Crippen molar-refractivity contribution in [1.29, 1.82) is 0 Å². The summed E-state index contributed by atoms with van der Waals surface area (Å²) in [5.41, 5.74) is 6.17. The molecule has 0 saturated carbocycles. The normalized spacial score (nSPS) is 10.9. The monoisotopic (exact) mass is 375 g/mol. The summed E-state index contributed by atoms with van der Waals surface area (Å²) in [4.78, 5) is 27.1. The number of aromatic amines is 1. The Morgan fingerprint density at radius 2 is 2.22 bits per heavy atom. The Bertz CT molecular complexity index is 960. The van der Waals surface area contributed by atoms with Crippen molar-refractivity contribution < 1.29 is 4.79 Å². The number of nitrogens with one attached hydrogen (secondary N) is 2. The number of amides is 1. The van der Waals surface area contributed by atoms with Gasteiger partial charge in [0.1, 0.15) is 5.69 Å². The van der Waals surface area contributed by atoms with E-state index in [4.69, 9.17) is 5.73 Å². The number of hydrogen-bond donors (Lipinski definition) is 3. The first-order valence-electron chi connectivity index (χ1n) is 6.85. The van der Waals surface area contributed by atoms with Crippen LogP contribution in [0, 0.1) is 0 Å². The number of aryl methyl sites for hydroxylation is 1. The van der Waals surface area contributed by atoms with Crippen molar-refractivity contribution in [2.24, 2.45) is 12.8 Å². The quantitative estimate of drug-likeness (QED) is 0.647. The third-order valence-electron chi connectivity index (χ3n) is 3.44. The van der Waals surface area contributed by atoms with E-state index >= 15 is 0 Å². The Kier molecular flexibility index (Phi) is 4.01. The minimum Gasteiger partial charge on any atom is -0.326 e. The maximum Gasteiger partial charge on any atom is 0.273 e. The van der Waals surface area contributed by atoms with Gasteiger partial charge in [0.25, 0.3) is 11.5 Å². The average Bonchev–Trinajstić information content (AvgIpc) is 2.87. The molecule has 2 heterocycles. The second-order valence-corrected chi connectivity index (χ2v) is 5.90. The lowest BCUT2D eigenvalue weighted by atomic mass is 10.1. The van der Waals surface area contributed by atoms with Crippen molar-refractivity contribution in [3.63, 3.8) is 0 Å². The highest BCUT2D eigenvalue weighted by atomic mass is 79.9. The van der Waals surface area contributed by atoms with Gasteiger partial charge in [-0.1, -0.05) is 22.0 Å². The van der Waals surface area contributed by atoms with Gasteiger partial charge in [-0.2, -0.15) is 5.10 Å². The number of H-pyrrole nitrogens is 1. The number of pyridine rings is 1. The molecule has 0 unspecified atom stereocenters. The van der Waals surface area contributed by atoms with Gasteiger partial charge < -0.3 is 16.0 Å². The number of carbonyl (C=O) groups is 1. The maximum absolute atomic E-state index is 12.4. The first-order valence-corrected chi connectivity index (χ1v) is 7.64. The summed E-state index contributed by atoms with van der Waals surface area (Å²) < 4.78 is 2.31. The van der Waals surface area contributed by atoms with Gasteiger partial charge in [0.2, 0.25) is 0 Å². The number of halogens is 1. The maximum atomic E-state index is 12.4. The van der Waals surface area contributed by atoms with Crippen LogP contribution in [0.1, 0.15) is 16.1 Å². The molecule has 3 aromatic rings. The van der Waals surface area contributed by atoms with Crippen molar-refractivity contribution in [2.75, 3.05) is 5.32 Å². The highest BCUT2D eigenvalue weighted by Crippen LogP contribution is 2.22. The van der Waals surface area contributed by atoms with Crippen molar-refractivity contribution >= 4 is 38.4 Å². The van der Waals surface area contributed by atoms with Crippen LogP contribution in [-0.2, 0) is 13.6 Å². The number of rotatable bonds is 3. The van der Waals surface area contributed by atoms with Gasteiger partial charge in [0, 0.05) is 40.6 Å². The highest BCUT2D eigenvalue weighted by Gasteiger charge is 2.14. The molecule has 7 nitrogen and oxygen atoms in total. The number of fused-ring (bicyclic) bond motifs is 1. The van der Waals surface area contributed by atoms with Crippen LogP contribution in [0.15, 0.2) is 39.7 Å². The van der Waals surface area contributed by atoms with Crippen LogP contribution < -0.4 is 16.6 Å². The summed E-state index contributed by atoms with van der Waals surface area (Å²) >= 11 is 3.39. The standard InChI is InChI=1S/C15H14BrN5O2/c1-21-7-8(6-17)13(20-21)19-15(23)12-5-10-9(14(22)18-12)3-2-4-11(10)16/h2-5,7H,6,17H2,1H3,(H,18,22)(H,19,20,23). The lowest BCUT2D eigenvalue weighted by Gasteiger charge is -2.06. The van der Waals surface area contributed by atoms with Crippen LogP contribution in [0.25, 0.3) is 10.8 Å². The molecule has 1 amide bonds. The predicted molar refractivity (Wildman–Crippen MR) is 91.3 cm³/mol. The fourth-order valence-electron chi connectivity index (χ4n) is 2.34. The summed E-state index contributed by atoms with van der Waals surface area (Å²) in [6.07, 6.45) is 1.73. The van der Waals surface area contributed by atoms with Crippen LogP contribution >= 0.6 is 15.9 Å². The molecular formula is C15H14BrN5O2. The topological polar surface area (TPSA) is 106 Å². The summed E-state index contributed by atoms with van der Waals surface area (Å²) in [5.74, 6) is -0.0683. The number of nitrogens with two attached hydrogens (primary N) is 1. The Morgan fingerprint density at radius 3 is 2.96 bits per heavy atom. The fourth-order valence-corrected chi connectivity index (χ4v) is 2.82. The van der Waals surface area contributed by atoms with Crippen LogP contribution in [0.5, 0.6) is 0 Å². The van der Waals surface area contributed by atoms with Gasteiger partial charge in [-0.05, 0) is 18.2 Å². The fraction of sp³-hybridized carbons (Fsp3) is 0.133. The number of carbonyl (C=O) groups excluding carboxylic acids is 1. The molecule has 0 fully saturated rings. The van der Waals surface area contributed by atoms with Gasteiger partial charge >= 0.3 is 0 Å². The van der Waals surface area contributed by atoms with Crippen molar-refractivity contribution in [2.45, 2.75) is 6.54 Å². The number of anilines is 1. The van der Waals surface area contributed by atoms with Crippen molar-refractivity contribution in [3.05, 3.63) is 56.5 Å². The molecule has 0 saturated heterocycles. The number of hydrogen-bond acceptors (Lipinski definition) is 4. The molecule has 0 radical (unpaired) electrons. The Hall–Kier alpha value is -2.45. The molecule has 0 aliphatic rings. The molecule has 23 heavy (non-hydrogen) atoms. The summed E-state index contributed by atoms with van der Waals surface area (Å²) in [5, 5.41) is 8.00. The molecule has 0 spiro atoms. The number of benzene rings is 1. The molecule has 0 aliphatic carbocycles. The molecule has 118 valence electrons. The summed E-state index contributed by atoms with van der Waals surface area (Å²) in [6.45, 7) is 0.253. The van der Waals surface area contributed by atoms with Crippen LogP contribution in [-0.4, -0.2) is 20.7 Å². The Morgan fingerprint density at radius 1 is 1.43 bits per heavy atom. The van der Waals surface area contributed by atoms with E-state index in [-0.39, 0.29) is 17.8 Å². The van der Waals surface area contributed by atoms with E-state index in [9.17, 15) is 9.59 Å². The Balaban J connectivity index is 2.01. The van der Waals surface area contributed by atoms with E-state index in [0.717, 1.165) is 4.47 Å². The zero-order chi connectivity index (χ0) is 16.6. The molecule has 2 aromatic heterocycles. The van der Waals surface area contributed by atoms with E-state index in [1.165, 1.54) is 0 Å². The zero-order valence-electron chi connectivity index (χ0n) is 12.3. The molecule has 8 heteroatoms. The predicted octanol–water partition coefficient (Wildman–Crippen LogP) is 1.74. The minimum absolute atomic E-state index is 0.156. The van der Waals surface area contributed by atoms with Gasteiger partial charge in [-0.15, -0.1) is 0 Å². The summed E-state index contributed by atoms with van der Waals surface area (Å²) in [7, 11) is 1.74. The van der Waals surface area contributed by atoms with E-state index in [2.05, 4.69) is 31.3 Å². The Labute approximate surface area is 139 Å². The molecule has 0 bridgehead atoms. The highest BCUT2D eigenvalue weighted by molar-refractivity contribution is 9.10.